The summed E-state index contributed by atoms with van der Waals surface area (Å²) in [5.74, 6) is 1.84. The Morgan fingerprint density at radius 1 is 1.52 bits per heavy atom. The lowest BCUT2D eigenvalue weighted by molar-refractivity contribution is 0.386. The molecule has 0 aromatic carbocycles. The van der Waals surface area contributed by atoms with Crippen LogP contribution in [-0.2, 0) is 6.54 Å². The predicted octanol–water partition coefficient (Wildman–Crippen LogP) is 1.47. The molecule has 0 radical (unpaired) electrons. The first-order valence-electron chi connectivity index (χ1n) is 7.77. The molecule has 1 aliphatic rings. The van der Waals surface area contributed by atoms with Crippen LogP contribution in [0.15, 0.2) is 27.8 Å². The van der Waals surface area contributed by atoms with Crippen LogP contribution in [0.25, 0.3) is 0 Å². The van der Waals surface area contributed by atoms with Gasteiger partial charge in [-0.05, 0) is 18.6 Å². The van der Waals surface area contributed by atoms with Crippen LogP contribution in [0.4, 0.5) is 10.2 Å². The van der Waals surface area contributed by atoms with Crippen LogP contribution in [0, 0.1) is 12.7 Å². The second-order valence-corrected chi connectivity index (χ2v) is 5.54. The molecule has 136 valence electrons. The summed E-state index contributed by atoms with van der Waals surface area (Å²) in [7, 11) is 1.70. The number of aliphatic imine (C=N–C) groups is 1. The Kier molecular flexibility index (Phi) is 6.91. The molecule has 3 rings (SSSR count). The van der Waals surface area contributed by atoms with Gasteiger partial charge in [-0.2, -0.15) is 4.98 Å². The van der Waals surface area contributed by atoms with Gasteiger partial charge in [0.2, 0.25) is 5.89 Å². The Morgan fingerprint density at radius 2 is 2.36 bits per heavy atom. The van der Waals surface area contributed by atoms with Crippen molar-refractivity contribution in [3.05, 3.63) is 35.9 Å². The molecule has 0 spiro atoms. The maximum atomic E-state index is 13.8. The molecule has 0 bridgehead atoms. The number of nitrogens with zero attached hydrogens (tertiary/aromatic N) is 5. The van der Waals surface area contributed by atoms with E-state index in [1.165, 1.54) is 6.07 Å². The summed E-state index contributed by atoms with van der Waals surface area (Å²) in [6.45, 7) is 3.57. The molecular weight excluding hydrogens is 440 g/mol. The van der Waals surface area contributed by atoms with Crippen molar-refractivity contribution in [1.82, 2.24) is 25.8 Å². The Morgan fingerprint density at radius 3 is 3.04 bits per heavy atom. The number of nitrogens with one attached hydrogen (secondary N) is 2. The molecule has 10 heteroatoms. The highest BCUT2D eigenvalue weighted by Gasteiger charge is 2.25. The van der Waals surface area contributed by atoms with Crippen molar-refractivity contribution < 1.29 is 8.91 Å². The third-order valence-electron chi connectivity index (χ3n) is 3.77. The normalized spacial score (nSPS) is 17.3. The van der Waals surface area contributed by atoms with Gasteiger partial charge >= 0.3 is 0 Å². The maximum Gasteiger partial charge on any atom is 0.223 e. The van der Waals surface area contributed by atoms with E-state index in [9.17, 15) is 4.39 Å². The summed E-state index contributed by atoms with van der Waals surface area (Å²) in [5.41, 5.74) is 0. The van der Waals surface area contributed by atoms with E-state index in [1.54, 1.807) is 26.2 Å². The fourth-order valence-corrected chi connectivity index (χ4v) is 2.64. The predicted molar refractivity (Wildman–Crippen MR) is 103 cm³/mol. The Balaban J connectivity index is 0.00000225. The molecule has 8 nitrogen and oxygen atoms in total. The molecule has 1 saturated heterocycles. The summed E-state index contributed by atoms with van der Waals surface area (Å²) in [4.78, 5) is 14.4. The van der Waals surface area contributed by atoms with Gasteiger partial charge in [0.15, 0.2) is 23.4 Å². The van der Waals surface area contributed by atoms with Crippen LogP contribution in [0.3, 0.4) is 0 Å². The van der Waals surface area contributed by atoms with Gasteiger partial charge in [-0.15, -0.1) is 24.0 Å². The Bertz CT molecular complexity index is 723. The quantitative estimate of drug-likeness (QED) is 0.405. The Hall–Kier alpha value is -1.98. The van der Waals surface area contributed by atoms with Gasteiger partial charge in [-0.1, -0.05) is 5.16 Å². The highest BCUT2D eigenvalue weighted by molar-refractivity contribution is 14.0. The van der Waals surface area contributed by atoms with Crippen molar-refractivity contribution in [3.63, 3.8) is 0 Å². The van der Waals surface area contributed by atoms with E-state index in [-0.39, 0.29) is 35.8 Å². The van der Waals surface area contributed by atoms with Crippen molar-refractivity contribution in [1.29, 1.82) is 0 Å². The van der Waals surface area contributed by atoms with Gasteiger partial charge in [0, 0.05) is 39.3 Å². The van der Waals surface area contributed by atoms with Crippen LogP contribution < -0.4 is 15.5 Å². The fraction of sp³-hybridized carbons (Fsp3) is 0.467. The minimum atomic E-state index is -0.298. The SMILES string of the molecule is CN=C(NCc1noc(C)n1)NC1CCN(c2ncccc2F)C1.I. The van der Waals surface area contributed by atoms with Gasteiger partial charge in [0.25, 0.3) is 0 Å². The summed E-state index contributed by atoms with van der Waals surface area (Å²) in [5, 5.41) is 10.3. The lowest BCUT2D eigenvalue weighted by Crippen LogP contribution is -2.44. The van der Waals surface area contributed by atoms with E-state index in [0.29, 0.717) is 36.6 Å². The molecule has 3 heterocycles. The number of hydrogen-bond donors (Lipinski definition) is 2. The third kappa shape index (κ3) is 5.00. The molecular formula is C15H21FIN7O. The zero-order chi connectivity index (χ0) is 16.9. The molecule has 25 heavy (non-hydrogen) atoms. The largest absolute Gasteiger partial charge is 0.352 e. The van der Waals surface area contributed by atoms with Crippen LogP contribution in [0.2, 0.25) is 0 Å². The smallest absolute Gasteiger partial charge is 0.223 e. The fourth-order valence-electron chi connectivity index (χ4n) is 2.64. The van der Waals surface area contributed by atoms with E-state index in [2.05, 4.69) is 30.8 Å². The van der Waals surface area contributed by atoms with Crippen LogP contribution in [0.5, 0.6) is 0 Å². The number of guanidine groups is 1. The molecule has 0 aliphatic carbocycles. The molecule has 2 aromatic heterocycles. The number of anilines is 1. The number of halogens is 2. The third-order valence-corrected chi connectivity index (χ3v) is 3.77. The van der Waals surface area contributed by atoms with Crippen molar-refractivity contribution >= 4 is 35.8 Å². The first-order valence-corrected chi connectivity index (χ1v) is 7.77. The minimum Gasteiger partial charge on any atom is -0.352 e. The first-order chi connectivity index (χ1) is 11.7. The van der Waals surface area contributed by atoms with Crippen molar-refractivity contribution in [2.45, 2.75) is 25.9 Å². The second kappa shape index (κ2) is 8.92. The number of hydrogen-bond acceptors (Lipinski definition) is 6. The highest BCUT2D eigenvalue weighted by Crippen LogP contribution is 2.20. The van der Waals surface area contributed by atoms with Crippen molar-refractivity contribution in [3.8, 4) is 0 Å². The van der Waals surface area contributed by atoms with Crippen LogP contribution in [0.1, 0.15) is 18.1 Å². The molecule has 1 atom stereocenters. The number of rotatable bonds is 4. The maximum absolute atomic E-state index is 13.8. The van der Waals surface area contributed by atoms with E-state index >= 15 is 0 Å². The number of aryl methyl sites for hydroxylation is 1. The molecule has 0 amide bonds. The van der Waals surface area contributed by atoms with E-state index < -0.39 is 0 Å². The highest BCUT2D eigenvalue weighted by atomic mass is 127. The van der Waals surface area contributed by atoms with Gasteiger partial charge in [-0.3, -0.25) is 4.99 Å². The number of aromatic nitrogens is 3. The zero-order valence-corrected chi connectivity index (χ0v) is 16.4. The minimum absolute atomic E-state index is 0. The first kappa shape index (κ1) is 19.3. The van der Waals surface area contributed by atoms with Crippen LogP contribution >= 0.6 is 24.0 Å². The summed E-state index contributed by atoms with van der Waals surface area (Å²) >= 11 is 0. The molecule has 1 fully saturated rings. The second-order valence-electron chi connectivity index (χ2n) is 5.54. The molecule has 1 unspecified atom stereocenters. The van der Waals surface area contributed by atoms with E-state index in [4.69, 9.17) is 4.52 Å². The van der Waals surface area contributed by atoms with Gasteiger partial charge in [-0.25, -0.2) is 9.37 Å². The average Bonchev–Trinajstić information content (AvgIpc) is 3.21. The molecule has 2 aromatic rings. The van der Waals surface area contributed by atoms with Crippen molar-refractivity contribution in [2.75, 3.05) is 25.0 Å². The Labute approximate surface area is 162 Å². The topological polar surface area (TPSA) is 91.5 Å². The molecule has 1 aliphatic heterocycles. The summed E-state index contributed by atoms with van der Waals surface area (Å²) in [6, 6.07) is 3.18. The molecule has 0 saturated carbocycles. The summed E-state index contributed by atoms with van der Waals surface area (Å²) < 4.78 is 18.8. The van der Waals surface area contributed by atoms with Gasteiger partial charge < -0.3 is 20.1 Å². The van der Waals surface area contributed by atoms with E-state index in [1.807, 2.05) is 4.90 Å². The lowest BCUT2D eigenvalue weighted by Gasteiger charge is -2.19. The average molecular weight is 461 g/mol. The zero-order valence-electron chi connectivity index (χ0n) is 14.1. The van der Waals surface area contributed by atoms with Crippen LogP contribution in [-0.4, -0.2) is 47.3 Å². The van der Waals surface area contributed by atoms with Crippen molar-refractivity contribution in [2.24, 2.45) is 4.99 Å². The summed E-state index contributed by atoms with van der Waals surface area (Å²) in [6.07, 6.45) is 2.48. The lowest BCUT2D eigenvalue weighted by atomic mass is 10.3. The van der Waals surface area contributed by atoms with E-state index in [0.717, 1.165) is 13.0 Å². The standard InChI is InChI=1S/C15H20FN7O.HI/c1-10-20-13(22-24-10)8-19-15(17-2)21-11-5-7-23(9-11)14-12(16)4-3-6-18-14;/h3-4,6,11H,5,7-9H2,1-2H3,(H2,17,19,21);1H. The number of pyridine rings is 1. The van der Waals surface area contributed by atoms with Gasteiger partial charge in [0.05, 0.1) is 6.54 Å². The monoisotopic (exact) mass is 461 g/mol. The van der Waals surface area contributed by atoms with Gasteiger partial charge in [0.1, 0.15) is 0 Å². The molecule has 2 N–H and O–H groups in total.